The molecule has 1 N–H and O–H groups in total. The van der Waals surface area contributed by atoms with Gasteiger partial charge in [0.25, 0.3) is 5.91 Å². The van der Waals surface area contributed by atoms with E-state index in [2.05, 4.69) is 19.2 Å². The summed E-state index contributed by atoms with van der Waals surface area (Å²) in [6.45, 7) is 11.2. The van der Waals surface area contributed by atoms with Crippen LogP contribution in [-0.4, -0.2) is 31.5 Å². The number of amides is 1. The monoisotopic (exact) mass is 273 g/mol. The molecule has 4 heteroatoms. The minimum atomic E-state index is -0.409. The van der Waals surface area contributed by atoms with Crippen molar-refractivity contribution in [3.8, 4) is 0 Å². The Bertz CT molecular complexity index is 231. The number of carbonyl (C=O) groups excluding carboxylic acids is 1. The van der Waals surface area contributed by atoms with Crippen molar-refractivity contribution in [2.75, 3.05) is 13.2 Å². The molecule has 19 heavy (non-hydrogen) atoms. The maximum Gasteiger partial charge on any atom is 0.250 e. The Kier molecular flexibility index (Phi) is 10.9. The van der Waals surface area contributed by atoms with Crippen LogP contribution >= 0.6 is 0 Å². The van der Waals surface area contributed by atoms with E-state index in [1.54, 1.807) is 6.92 Å². The third kappa shape index (κ3) is 11.0. The fraction of sp³-hybridized carbons (Fsp3) is 0.933. The topological polar surface area (TPSA) is 47.6 Å². The molecule has 0 aromatic heterocycles. The lowest BCUT2D eigenvalue weighted by Crippen LogP contribution is -2.41. The first-order chi connectivity index (χ1) is 8.97. The summed E-state index contributed by atoms with van der Waals surface area (Å²) in [7, 11) is 0. The molecule has 114 valence electrons. The zero-order valence-corrected chi connectivity index (χ0v) is 13.2. The molecule has 4 nitrogen and oxygen atoms in total. The highest BCUT2D eigenvalue weighted by Crippen LogP contribution is 2.08. The summed E-state index contributed by atoms with van der Waals surface area (Å²) in [4.78, 5) is 11.7. The third-order valence-corrected chi connectivity index (χ3v) is 2.93. The van der Waals surface area contributed by atoms with E-state index in [0.717, 1.165) is 12.3 Å². The maximum absolute atomic E-state index is 11.7. The predicted molar refractivity (Wildman–Crippen MR) is 78.0 cm³/mol. The standard InChI is InChI=1S/C15H31NO3/c1-6-18-14(5)16-15(17)13(4)19-11-9-7-8-10-12(2)3/h12-14H,6-11H2,1-5H3,(H,16,17). The smallest absolute Gasteiger partial charge is 0.250 e. The zero-order chi connectivity index (χ0) is 14.7. The zero-order valence-electron chi connectivity index (χ0n) is 13.2. The molecule has 0 spiro atoms. The van der Waals surface area contributed by atoms with Gasteiger partial charge in [0.1, 0.15) is 12.3 Å². The number of ether oxygens (including phenoxy) is 2. The molecular formula is C15H31NO3. The van der Waals surface area contributed by atoms with E-state index in [0.29, 0.717) is 13.2 Å². The summed E-state index contributed by atoms with van der Waals surface area (Å²) in [5.74, 6) is 0.661. The number of nitrogens with one attached hydrogen (secondary N) is 1. The molecule has 0 aromatic carbocycles. The molecule has 0 saturated heterocycles. The largest absolute Gasteiger partial charge is 0.369 e. The molecule has 0 aliphatic carbocycles. The van der Waals surface area contributed by atoms with Crippen LogP contribution in [0.1, 0.15) is 60.3 Å². The van der Waals surface area contributed by atoms with E-state index in [1.807, 2.05) is 13.8 Å². The molecule has 0 aliphatic rings. The van der Waals surface area contributed by atoms with Gasteiger partial charge in [0.15, 0.2) is 0 Å². The number of rotatable bonds is 11. The number of hydrogen-bond donors (Lipinski definition) is 1. The van der Waals surface area contributed by atoms with Gasteiger partial charge in [-0.15, -0.1) is 0 Å². The molecule has 2 atom stereocenters. The van der Waals surface area contributed by atoms with E-state index in [9.17, 15) is 4.79 Å². The summed E-state index contributed by atoms with van der Waals surface area (Å²) in [6, 6.07) is 0. The number of carbonyl (C=O) groups is 1. The summed E-state index contributed by atoms with van der Waals surface area (Å²) < 4.78 is 10.8. The summed E-state index contributed by atoms with van der Waals surface area (Å²) >= 11 is 0. The molecule has 0 heterocycles. The van der Waals surface area contributed by atoms with Crippen LogP contribution in [0.5, 0.6) is 0 Å². The van der Waals surface area contributed by atoms with Crippen molar-refractivity contribution >= 4 is 5.91 Å². The predicted octanol–water partition coefficient (Wildman–Crippen LogP) is 3.11. The van der Waals surface area contributed by atoms with Gasteiger partial charge in [-0.1, -0.05) is 33.1 Å². The van der Waals surface area contributed by atoms with Crippen LogP contribution in [0.3, 0.4) is 0 Å². The molecule has 0 fully saturated rings. The first kappa shape index (κ1) is 18.4. The van der Waals surface area contributed by atoms with Gasteiger partial charge in [-0.25, -0.2) is 0 Å². The summed E-state index contributed by atoms with van der Waals surface area (Å²) in [5, 5.41) is 2.76. The quantitative estimate of drug-likeness (QED) is 0.465. The fourth-order valence-corrected chi connectivity index (χ4v) is 1.78. The first-order valence-electron chi connectivity index (χ1n) is 7.50. The SMILES string of the molecule is CCOC(C)NC(=O)C(C)OCCCCCC(C)C. The molecule has 0 saturated carbocycles. The maximum atomic E-state index is 11.7. The molecular weight excluding hydrogens is 242 g/mol. The van der Waals surface area contributed by atoms with Crippen LogP contribution in [0.2, 0.25) is 0 Å². The van der Waals surface area contributed by atoms with Crippen LogP contribution in [-0.2, 0) is 14.3 Å². The van der Waals surface area contributed by atoms with Gasteiger partial charge >= 0.3 is 0 Å². The van der Waals surface area contributed by atoms with Gasteiger partial charge in [0, 0.05) is 13.2 Å². The Morgan fingerprint density at radius 3 is 2.32 bits per heavy atom. The van der Waals surface area contributed by atoms with Gasteiger partial charge in [0.05, 0.1) is 0 Å². The molecule has 1 amide bonds. The van der Waals surface area contributed by atoms with E-state index in [4.69, 9.17) is 9.47 Å². The van der Waals surface area contributed by atoms with Crippen molar-refractivity contribution in [2.45, 2.75) is 72.6 Å². The molecule has 2 unspecified atom stereocenters. The van der Waals surface area contributed by atoms with Crippen LogP contribution < -0.4 is 5.32 Å². The van der Waals surface area contributed by atoms with Crippen LogP contribution in [0.15, 0.2) is 0 Å². The first-order valence-corrected chi connectivity index (χ1v) is 7.50. The van der Waals surface area contributed by atoms with Crippen LogP contribution in [0, 0.1) is 5.92 Å². The van der Waals surface area contributed by atoms with E-state index in [-0.39, 0.29) is 12.1 Å². The van der Waals surface area contributed by atoms with Crippen molar-refractivity contribution in [1.29, 1.82) is 0 Å². The highest BCUT2D eigenvalue weighted by Gasteiger charge is 2.15. The molecule has 0 rings (SSSR count). The molecule has 0 aromatic rings. The average Bonchev–Trinajstić information content (AvgIpc) is 2.33. The van der Waals surface area contributed by atoms with Gasteiger partial charge in [-0.05, 0) is 33.1 Å². The average molecular weight is 273 g/mol. The Morgan fingerprint density at radius 1 is 1.05 bits per heavy atom. The second-order valence-corrected chi connectivity index (χ2v) is 5.36. The van der Waals surface area contributed by atoms with Crippen molar-refractivity contribution in [3.05, 3.63) is 0 Å². The lowest BCUT2D eigenvalue weighted by molar-refractivity contribution is -0.135. The Labute approximate surface area is 118 Å². The van der Waals surface area contributed by atoms with E-state index in [1.165, 1.54) is 19.3 Å². The van der Waals surface area contributed by atoms with Gasteiger partial charge < -0.3 is 14.8 Å². The van der Waals surface area contributed by atoms with Crippen LogP contribution in [0.25, 0.3) is 0 Å². The molecule has 0 radical (unpaired) electrons. The van der Waals surface area contributed by atoms with Crippen molar-refractivity contribution in [3.63, 3.8) is 0 Å². The fourth-order valence-electron chi connectivity index (χ4n) is 1.78. The third-order valence-electron chi connectivity index (χ3n) is 2.93. The van der Waals surface area contributed by atoms with Crippen molar-refractivity contribution < 1.29 is 14.3 Å². The Morgan fingerprint density at radius 2 is 1.74 bits per heavy atom. The van der Waals surface area contributed by atoms with Gasteiger partial charge in [-0.2, -0.15) is 0 Å². The Balaban J connectivity index is 3.56. The number of hydrogen-bond acceptors (Lipinski definition) is 3. The van der Waals surface area contributed by atoms with E-state index >= 15 is 0 Å². The van der Waals surface area contributed by atoms with Gasteiger partial charge in [0.2, 0.25) is 0 Å². The highest BCUT2D eigenvalue weighted by molar-refractivity contribution is 5.80. The summed E-state index contributed by atoms with van der Waals surface area (Å²) in [6.07, 6.45) is 4.03. The van der Waals surface area contributed by atoms with Gasteiger partial charge in [-0.3, -0.25) is 4.79 Å². The summed E-state index contributed by atoms with van der Waals surface area (Å²) in [5.41, 5.74) is 0. The van der Waals surface area contributed by atoms with Crippen molar-refractivity contribution in [1.82, 2.24) is 5.32 Å². The number of unbranched alkanes of at least 4 members (excludes halogenated alkanes) is 2. The lowest BCUT2D eigenvalue weighted by atomic mass is 10.1. The van der Waals surface area contributed by atoms with Crippen LogP contribution in [0.4, 0.5) is 0 Å². The lowest BCUT2D eigenvalue weighted by Gasteiger charge is -2.17. The second kappa shape index (κ2) is 11.2. The van der Waals surface area contributed by atoms with E-state index < -0.39 is 6.10 Å². The minimum absolute atomic E-state index is 0.108. The second-order valence-electron chi connectivity index (χ2n) is 5.36. The highest BCUT2D eigenvalue weighted by atomic mass is 16.5. The van der Waals surface area contributed by atoms with Crippen molar-refractivity contribution in [2.24, 2.45) is 5.92 Å². The molecule has 0 aliphatic heterocycles. The minimum Gasteiger partial charge on any atom is -0.369 e. The Hall–Kier alpha value is -0.610. The molecule has 0 bridgehead atoms. The normalized spacial score (nSPS) is 14.4.